The van der Waals surface area contributed by atoms with Gasteiger partial charge < -0.3 is 4.74 Å². The zero-order valence-electron chi connectivity index (χ0n) is 11.0. The second-order valence-corrected chi connectivity index (χ2v) is 6.23. The maximum atomic E-state index is 9.13. The van der Waals surface area contributed by atoms with Gasteiger partial charge in [0.05, 0.1) is 12.7 Å². The molecule has 3 heteroatoms. The maximum Gasteiger partial charge on any atom is 0.127 e. The molecule has 0 bridgehead atoms. The van der Waals surface area contributed by atoms with Gasteiger partial charge in [0.25, 0.3) is 0 Å². The SMILES string of the molecule is CC(C)(C)CCOCC(C)(C#N)NC1CC1. The molecule has 1 N–H and O–H groups in total. The second kappa shape index (κ2) is 5.16. The lowest BCUT2D eigenvalue weighted by atomic mass is 9.93. The molecule has 0 aromatic carbocycles. The van der Waals surface area contributed by atoms with Gasteiger partial charge in [0.15, 0.2) is 0 Å². The van der Waals surface area contributed by atoms with Crippen molar-refractivity contribution in [3.63, 3.8) is 0 Å². The predicted molar refractivity (Wildman–Crippen MR) is 65.1 cm³/mol. The van der Waals surface area contributed by atoms with Crippen molar-refractivity contribution in [3.8, 4) is 6.07 Å². The summed E-state index contributed by atoms with van der Waals surface area (Å²) in [5.41, 5.74) is -0.216. The van der Waals surface area contributed by atoms with Gasteiger partial charge in [-0.3, -0.25) is 5.32 Å². The molecule has 1 unspecified atom stereocenters. The van der Waals surface area contributed by atoms with Gasteiger partial charge in [-0.1, -0.05) is 20.8 Å². The van der Waals surface area contributed by atoms with Crippen molar-refractivity contribution in [2.45, 2.75) is 58.5 Å². The fraction of sp³-hybridized carbons (Fsp3) is 0.923. The van der Waals surface area contributed by atoms with Crippen LogP contribution in [0.5, 0.6) is 0 Å². The fourth-order valence-electron chi connectivity index (χ4n) is 1.44. The first kappa shape index (κ1) is 13.5. The van der Waals surface area contributed by atoms with E-state index < -0.39 is 5.54 Å². The van der Waals surface area contributed by atoms with Crippen molar-refractivity contribution >= 4 is 0 Å². The molecule has 0 saturated heterocycles. The Kier molecular flexibility index (Phi) is 4.35. The van der Waals surface area contributed by atoms with Gasteiger partial charge in [0, 0.05) is 12.6 Å². The minimum atomic E-state index is -0.515. The topological polar surface area (TPSA) is 45.0 Å². The van der Waals surface area contributed by atoms with Crippen LogP contribution >= 0.6 is 0 Å². The summed E-state index contributed by atoms with van der Waals surface area (Å²) in [7, 11) is 0. The van der Waals surface area contributed by atoms with E-state index in [1.54, 1.807) is 0 Å². The first-order chi connectivity index (χ1) is 7.35. The van der Waals surface area contributed by atoms with E-state index in [0.717, 1.165) is 13.0 Å². The molecule has 3 nitrogen and oxygen atoms in total. The number of hydrogen-bond donors (Lipinski definition) is 1. The van der Waals surface area contributed by atoms with E-state index >= 15 is 0 Å². The minimum absolute atomic E-state index is 0.299. The number of ether oxygens (including phenoxy) is 1. The quantitative estimate of drug-likeness (QED) is 0.705. The maximum absolute atomic E-state index is 9.13. The summed E-state index contributed by atoms with van der Waals surface area (Å²) in [5.74, 6) is 0. The number of nitriles is 1. The van der Waals surface area contributed by atoms with Crippen LogP contribution in [0.25, 0.3) is 0 Å². The molecule has 0 radical (unpaired) electrons. The van der Waals surface area contributed by atoms with Crippen molar-refractivity contribution in [3.05, 3.63) is 0 Å². The molecule has 92 valence electrons. The van der Waals surface area contributed by atoms with E-state index in [4.69, 9.17) is 10.00 Å². The molecule has 1 fully saturated rings. The van der Waals surface area contributed by atoms with Gasteiger partial charge in [-0.2, -0.15) is 5.26 Å². The molecule has 1 atom stereocenters. The summed E-state index contributed by atoms with van der Waals surface area (Å²) in [5, 5.41) is 12.5. The summed E-state index contributed by atoms with van der Waals surface area (Å²) < 4.78 is 5.61. The Balaban J connectivity index is 2.20. The van der Waals surface area contributed by atoms with Crippen molar-refractivity contribution < 1.29 is 4.74 Å². The Hall–Kier alpha value is -0.590. The summed E-state index contributed by atoms with van der Waals surface area (Å²) >= 11 is 0. The average molecular weight is 224 g/mol. The molecule has 0 aliphatic heterocycles. The molecule has 0 spiro atoms. The summed E-state index contributed by atoms with van der Waals surface area (Å²) in [6.45, 7) is 9.72. The van der Waals surface area contributed by atoms with E-state index in [1.807, 2.05) is 6.92 Å². The second-order valence-electron chi connectivity index (χ2n) is 6.23. The lowest BCUT2D eigenvalue weighted by Crippen LogP contribution is -2.46. The zero-order chi connectivity index (χ0) is 12.2. The average Bonchev–Trinajstić information content (AvgIpc) is 2.95. The van der Waals surface area contributed by atoms with Crippen LogP contribution in [0, 0.1) is 16.7 Å². The molecule has 1 saturated carbocycles. The molecule has 16 heavy (non-hydrogen) atoms. The third kappa shape index (κ3) is 5.48. The molecule has 0 heterocycles. The summed E-state index contributed by atoms with van der Waals surface area (Å²) in [6.07, 6.45) is 3.41. The van der Waals surface area contributed by atoms with Crippen LogP contribution < -0.4 is 5.32 Å². The predicted octanol–water partition coefficient (Wildman–Crippen LogP) is 2.47. The monoisotopic (exact) mass is 224 g/mol. The van der Waals surface area contributed by atoms with Crippen molar-refractivity contribution in [1.29, 1.82) is 5.26 Å². The number of nitrogens with zero attached hydrogens (tertiary/aromatic N) is 1. The van der Waals surface area contributed by atoms with Gasteiger partial charge in [0.2, 0.25) is 0 Å². The Labute approximate surface area is 99.2 Å². The van der Waals surface area contributed by atoms with Crippen LogP contribution in [0.2, 0.25) is 0 Å². The normalized spacial score (nSPS) is 20.2. The molecular weight excluding hydrogens is 200 g/mol. The molecule has 1 rings (SSSR count). The van der Waals surface area contributed by atoms with Crippen molar-refractivity contribution in [2.75, 3.05) is 13.2 Å². The van der Waals surface area contributed by atoms with Gasteiger partial charge >= 0.3 is 0 Å². The van der Waals surface area contributed by atoms with Gasteiger partial charge in [-0.05, 0) is 31.6 Å². The minimum Gasteiger partial charge on any atom is -0.378 e. The van der Waals surface area contributed by atoms with Crippen molar-refractivity contribution in [1.82, 2.24) is 5.32 Å². The first-order valence-corrected chi connectivity index (χ1v) is 6.11. The van der Waals surface area contributed by atoms with Crippen molar-refractivity contribution in [2.24, 2.45) is 5.41 Å². The Morgan fingerprint density at radius 1 is 1.31 bits per heavy atom. The van der Waals surface area contributed by atoms with Crippen LogP contribution in [0.1, 0.15) is 47.0 Å². The third-order valence-electron chi connectivity index (χ3n) is 2.73. The number of hydrogen-bond acceptors (Lipinski definition) is 3. The van der Waals surface area contributed by atoms with Gasteiger partial charge in [0.1, 0.15) is 5.54 Å². The first-order valence-electron chi connectivity index (χ1n) is 6.11. The highest BCUT2D eigenvalue weighted by Gasteiger charge is 2.32. The highest BCUT2D eigenvalue weighted by Crippen LogP contribution is 2.23. The third-order valence-corrected chi connectivity index (χ3v) is 2.73. The Morgan fingerprint density at radius 3 is 2.38 bits per heavy atom. The van der Waals surface area contributed by atoms with E-state index in [-0.39, 0.29) is 0 Å². The molecule has 1 aliphatic carbocycles. The molecule has 1 aliphatic rings. The summed E-state index contributed by atoms with van der Waals surface area (Å²) in [6, 6.07) is 2.85. The van der Waals surface area contributed by atoms with E-state index in [9.17, 15) is 0 Å². The zero-order valence-corrected chi connectivity index (χ0v) is 11.0. The molecular formula is C13H24N2O. The van der Waals surface area contributed by atoms with Crippen LogP contribution in [0.3, 0.4) is 0 Å². The van der Waals surface area contributed by atoms with Gasteiger partial charge in [-0.15, -0.1) is 0 Å². The van der Waals surface area contributed by atoms with Crippen LogP contribution in [-0.2, 0) is 4.74 Å². The van der Waals surface area contributed by atoms with E-state index in [0.29, 0.717) is 18.1 Å². The van der Waals surface area contributed by atoms with Crippen LogP contribution in [0.4, 0.5) is 0 Å². The molecule has 0 aromatic heterocycles. The van der Waals surface area contributed by atoms with Gasteiger partial charge in [-0.25, -0.2) is 0 Å². The highest BCUT2D eigenvalue weighted by molar-refractivity contribution is 5.07. The van der Waals surface area contributed by atoms with Crippen LogP contribution in [-0.4, -0.2) is 24.8 Å². The largest absolute Gasteiger partial charge is 0.378 e. The Bertz CT molecular complexity index is 260. The smallest absolute Gasteiger partial charge is 0.127 e. The lowest BCUT2D eigenvalue weighted by Gasteiger charge is -2.24. The number of nitrogens with one attached hydrogen (secondary N) is 1. The molecule has 0 aromatic rings. The Morgan fingerprint density at radius 2 is 1.94 bits per heavy atom. The van der Waals surface area contributed by atoms with Crippen LogP contribution in [0.15, 0.2) is 0 Å². The molecule has 0 amide bonds. The summed E-state index contributed by atoms with van der Waals surface area (Å²) in [4.78, 5) is 0. The van der Waals surface area contributed by atoms with E-state index in [2.05, 4.69) is 32.2 Å². The lowest BCUT2D eigenvalue weighted by molar-refractivity contribution is 0.0760. The van der Waals surface area contributed by atoms with E-state index in [1.165, 1.54) is 12.8 Å². The number of rotatable bonds is 6. The standard InChI is InChI=1S/C13H24N2O/c1-12(2,3)7-8-16-10-13(4,9-14)15-11-5-6-11/h11,15H,5-8,10H2,1-4H3. The highest BCUT2D eigenvalue weighted by atomic mass is 16.5. The fourth-order valence-corrected chi connectivity index (χ4v) is 1.44.